The molecule has 0 aromatic carbocycles. The maximum Gasteiger partial charge on any atom is 0.410 e. The predicted molar refractivity (Wildman–Crippen MR) is 238 cm³/mol. The largest absolute Gasteiger partial charge is 0.468 e. The van der Waals surface area contributed by atoms with E-state index in [1.165, 1.54) is 19.1 Å². The third-order valence-electron chi connectivity index (χ3n) is 15.0. The summed E-state index contributed by atoms with van der Waals surface area (Å²) in [4.78, 5) is 80.9. The molecule has 21 heteroatoms. The lowest BCUT2D eigenvalue weighted by Gasteiger charge is -2.52. The van der Waals surface area contributed by atoms with Gasteiger partial charge < -0.3 is 43.3 Å². The van der Waals surface area contributed by atoms with Crippen LogP contribution in [0.5, 0.6) is 0 Å². The molecular weight excluding hydrogens is 901 g/mol. The fourth-order valence-electron chi connectivity index (χ4n) is 11.7. The lowest BCUT2D eigenvalue weighted by atomic mass is 9.64. The van der Waals surface area contributed by atoms with Crippen molar-refractivity contribution in [3.8, 4) is 0 Å². The number of likely N-dealkylation sites (tertiary alicyclic amines) is 6. The van der Waals surface area contributed by atoms with Gasteiger partial charge in [-0.25, -0.2) is 31.9 Å². The quantitative estimate of drug-likeness (QED) is 0.170. The Morgan fingerprint density at radius 2 is 1.00 bits per heavy atom. The van der Waals surface area contributed by atoms with Gasteiger partial charge in [0.05, 0.1) is 40.5 Å². The van der Waals surface area contributed by atoms with E-state index >= 15 is 0 Å². The van der Waals surface area contributed by atoms with Crippen LogP contribution in [-0.2, 0) is 38.1 Å². The Kier molecular flexibility index (Phi) is 16.9. The number of Topliss-reactive ketones (excluding diaryl/α,β-unsaturated/α-hetero) is 1. The lowest BCUT2D eigenvalue weighted by molar-refractivity contribution is -0.148. The van der Waals surface area contributed by atoms with E-state index in [1.54, 1.807) is 42.4 Å². The Labute approximate surface area is 397 Å². The minimum Gasteiger partial charge on any atom is -0.468 e. The smallest absolute Gasteiger partial charge is 0.410 e. The summed E-state index contributed by atoms with van der Waals surface area (Å²) < 4.78 is 80.3. The summed E-state index contributed by atoms with van der Waals surface area (Å²) in [5.41, 5.74) is -0.230. The monoisotopic (exact) mass is 975 g/mol. The average molecular weight is 975 g/mol. The minimum atomic E-state index is -2.89. The van der Waals surface area contributed by atoms with Gasteiger partial charge in [-0.2, -0.15) is 0 Å². The van der Waals surface area contributed by atoms with E-state index in [-0.39, 0.29) is 41.6 Å². The van der Waals surface area contributed by atoms with Crippen molar-refractivity contribution < 1.29 is 70.0 Å². The first-order valence-electron chi connectivity index (χ1n) is 24.4. The maximum atomic E-state index is 14.0. The molecule has 386 valence electrons. The first-order chi connectivity index (χ1) is 31.9. The number of ketones is 1. The Bertz CT molecular complexity index is 1810. The van der Waals surface area contributed by atoms with Crippen molar-refractivity contribution in [2.45, 2.75) is 159 Å². The van der Waals surface area contributed by atoms with Gasteiger partial charge in [0, 0.05) is 88.5 Å². The number of hydrogen-bond donors (Lipinski definition) is 0. The van der Waals surface area contributed by atoms with Crippen LogP contribution in [0, 0.1) is 10.8 Å². The van der Waals surface area contributed by atoms with Gasteiger partial charge in [-0.1, -0.05) is 0 Å². The Balaban J connectivity index is 0.000000179. The number of hydrogen-bond acceptors (Lipinski definition) is 14. The number of halogens is 4. The summed E-state index contributed by atoms with van der Waals surface area (Å²) in [6.07, 6.45) is 6.33. The third kappa shape index (κ3) is 13.1. The zero-order valence-electron chi connectivity index (χ0n) is 41.0. The normalized spacial score (nSPS) is 29.3. The highest BCUT2D eigenvalue weighted by atomic mass is 19.3. The second-order valence-electron chi connectivity index (χ2n) is 21.2. The molecule has 6 aliphatic heterocycles. The molecule has 2 atom stereocenters. The average Bonchev–Trinajstić information content (AvgIpc) is 4.06. The van der Waals surface area contributed by atoms with Crippen molar-refractivity contribution in [3.63, 3.8) is 0 Å². The number of amides is 3. The number of nitrogens with zero attached hydrogens (tertiary/aromatic N) is 6. The molecule has 0 N–H and O–H groups in total. The second-order valence-corrected chi connectivity index (χ2v) is 21.2. The van der Waals surface area contributed by atoms with Gasteiger partial charge in [-0.3, -0.25) is 24.2 Å². The van der Waals surface area contributed by atoms with E-state index < -0.39 is 66.9 Å². The fourth-order valence-corrected chi connectivity index (χ4v) is 11.7. The Morgan fingerprint density at radius 1 is 0.574 bits per heavy atom. The van der Waals surface area contributed by atoms with E-state index in [2.05, 4.69) is 9.64 Å². The molecule has 0 aromatic heterocycles. The number of ether oxygens (including phenoxy) is 5. The fraction of sp³-hybridized carbons (Fsp3) is 0.872. The van der Waals surface area contributed by atoms with E-state index in [0.29, 0.717) is 70.4 Å². The molecule has 6 heterocycles. The minimum absolute atomic E-state index is 0.00134. The summed E-state index contributed by atoms with van der Waals surface area (Å²) in [6, 6.07) is -1.41. The number of rotatable bonds is 7. The number of alkyl halides is 4. The van der Waals surface area contributed by atoms with Crippen LogP contribution in [0.3, 0.4) is 0 Å². The molecule has 6 saturated heterocycles. The second kappa shape index (κ2) is 21.6. The molecule has 2 saturated carbocycles. The van der Waals surface area contributed by atoms with Gasteiger partial charge in [0.2, 0.25) is 0 Å². The van der Waals surface area contributed by atoms with Gasteiger partial charge in [-0.05, 0) is 104 Å². The summed E-state index contributed by atoms with van der Waals surface area (Å²) in [7, 11) is 2.47. The van der Waals surface area contributed by atoms with Gasteiger partial charge in [-0.15, -0.1) is 0 Å². The topological polar surface area (TPSA) is 168 Å². The standard InChI is InChI=1S/C21H33F2N3O4.C16H26F2N2O4.C10H15NO3/c1-3-30-19(28)25-9-6-20(13-25)10-16(11-20)24-7-4-15(5-8-24)26-14-21(22,23)12-17(26)18(27)29-2;1-15(2,3)24-14(22)19-7-5-11(6-8-19)20-10-16(17,18)9-12(20)13(21)23-4;1-2-14-9(13)11-4-3-10(7-11)5-8(12)6-10/h15-17H,3-14H2,1-2H3;11-12H,5-10H2,1-4H3;2-7H2,1H3/t16?,17-,20?;12-;/m11./s1. The van der Waals surface area contributed by atoms with E-state index in [0.717, 1.165) is 71.2 Å². The first-order valence-corrected chi connectivity index (χ1v) is 24.4. The molecule has 17 nitrogen and oxygen atoms in total. The summed E-state index contributed by atoms with van der Waals surface area (Å²) in [5.74, 6) is -6.56. The van der Waals surface area contributed by atoms with E-state index in [1.807, 2.05) is 11.8 Å². The molecule has 0 radical (unpaired) electrons. The van der Waals surface area contributed by atoms with Crippen molar-refractivity contribution in [1.29, 1.82) is 0 Å². The van der Waals surface area contributed by atoms with Crippen molar-refractivity contribution in [2.24, 2.45) is 10.8 Å². The molecular formula is C47H74F4N6O11. The SMILES string of the molecule is CCOC(=O)N1CCC2(CC(=O)C2)C1.CCOC(=O)N1CCC2(CC(N3CCC(N4CC(F)(F)C[C@@H]4C(=O)OC)CC3)C2)C1.COC(=O)[C@H]1CC(F)(F)CN1C1CCN(C(=O)OC(C)(C)C)CC1. The highest BCUT2D eigenvalue weighted by Crippen LogP contribution is 2.51. The number of carbonyl (C=O) groups excluding carboxylic acids is 6. The van der Waals surface area contributed by atoms with Gasteiger partial charge in [0.1, 0.15) is 23.5 Å². The maximum absolute atomic E-state index is 14.0. The summed E-state index contributed by atoms with van der Waals surface area (Å²) in [6.45, 7) is 14.6. The van der Waals surface area contributed by atoms with Gasteiger partial charge in [0.15, 0.2) is 0 Å². The van der Waals surface area contributed by atoms with Crippen LogP contribution in [0.25, 0.3) is 0 Å². The van der Waals surface area contributed by atoms with E-state index in [9.17, 15) is 46.3 Å². The van der Waals surface area contributed by atoms with Crippen molar-refractivity contribution in [2.75, 3.05) is 92.9 Å². The number of carbonyl (C=O) groups is 6. The highest BCUT2D eigenvalue weighted by Gasteiger charge is 2.55. The molecule has 8 rings (SSSR count). The molecule has 0 bridgehead atoms. The Morgan fingerprint density at radius 3 is 1.41 bits per heavy atom. The van der Waals surface area contributed by atoms with Crippen LogP contribution in [0.4, 0.5) is 31.9 Å². The van der Waals surface area contributed by atoms with Crippen LogP contribution in [-0.4, -0.2) is 206 Å². The van der Waals surface area contributed by atoms with Crippen LogP contribution >= 0.6 is 0 Å². The van der Waals surface area contributed by atoms with Gasteiger partial charge >= 0.3 is 30.2 Å². The zero-order chi connectivity index (χ0) is 49.8. The van der Waals surface area contributed by atoms with Crippen LogP contribution in [0.2, 0.25) is 0 Å². The Hall–Kier alpha value is -3.98. The zero-order valence-corrected chi connectivity index (χ0v) is 41.0. The predicted octanol–water partition coefficient (Wildman–Crippen LogP) is 5.81. The molecule has 8 aliphatic rings. The van der Waals surface area contributed by atoms with Crippen molar-refractivity contribution in [1.82, 2.24) is 29.4 Å². The van der Waals surface area contributed by atoms with Crippen LogP contribution < -0.4 is 0 Å². The number of piperidine rings is 2. The lowest BCUT2D eigenvalue weighted by Crippen LogP contribution is -2.56. The summed E-state index contributed by atoms with van der Waals surface area (Å²) >= 11 is 0. The molecule has 2 aliphatic carbocycles. The number of esters is 2. The first kappa shape index (κ1) is 53.4. The number of methoxy groups -OCH3 is 2. The molecule has 8 fully saturated rings. The molecule has 0 aromatic rings. The van der Waals surface area contributed by atoms with Crippen LogP contribution in [0.1, 0.15) is 112 Å². The third-order valence-corrected chi connectivity index (χ3v) is 15.0. The van der Waals surface area contributed by atoms with Gasteiger partial charge in [0.25, 0.3) is 11.8 Å². The molecule has 0 unspecified atom stereocenters. The van der Waals surface area contributed by atoms with Crippen molar-refractivity contribution >= 4 is 36.0 Å². The van der Waals surface area contributed by atoms with Crippen molar-refractivity contribution in [3.05, 3.63) is 0 Å². The summed E-state index contributed by atoms with van der Waals surface area (Å²) in [5, 5.41) is 0. The molecule has 2 spiro atoms. The highest BCUT2D eigenvalue weighted by molar-refractivity contribution is 5.86. The molecule has 3 amide bonds. The van der Waals surface area contributed by atoms with E-state index in [4.69, 9.17) is 18.9 Å². The van der Waals surface area contributed by atoms with Crippen LogP contribution in [0.15, 0.2) is 0 Å². The molecule has 68 heavy (non-hydrogen) atoms.